The van der Waals surface area contributed by atoms with Gasteiger partial charge in [-0.05, 0) is 56.9 Å². The molecular formula is C31H35N5O4S. The first kappa shape index (κ1) is 28.7. The maximum atomic E-state index is 13.5. The Morgan fingerprint density at radius 3 is 2.63 bits per heavy atom. The molecule has 3 heterocycles. The number of aromatic nitrogens is 2. The molecule has 3 atom stereocenters. The van der Waals surface area contributed by atoms with E-state index in [0.717, 1.165) is 34.8 Å². The average Bonchev–Trinajstić information content (AvgIpc) is 3.74. The average molecular weight is 574 g/mol. The van der Waals surface area contributed by atoms with Crippen molar-refractivity contribution in [3.05, 3.63) is 105 Å². The number of amides is 2. The molecule has 0 bridgehead atoms. The topological polar surface area (TPSA) is 121 Å². The molecule has 0 aliphatic carbocycles. The van der Waals surface area contributed by atoms with Crippen molar-refractivity contribution in [1.82, 2.24) is 25.7 Å². The van der Waals surface area contributed by atoms with E-state index >= 15 is 0 Å². The Bertz CT molecular complexity index is 1470. The zero-order valence-electron chi connectivity index (χ0n) is 23.2. The number of carbonyl (C=O) groups excluding carboxylic acids is 2. The van der Waals surface area contributed by atoms with Crippen molar-refractivity contribution in [2.75, 3.05) is 13.1 Å². The molecule has 2 amide bonds. The van der Waals surface area contributed by atoms with Crippen molar-refractivity contribution in [2.24, 2.45) is 0 Å². The minimum Gasteiger partial charge on any atom is -0.390 e. The Morgan fingerprint density at radius 2 is 1.90 bits per heavy atom. The molecule has 1 aliphatic heterocycles. The highest BCUT2D eigenvalue weighted by Crippen LogP contribution is 2.34. The minimum atomic E-state index is -0.875. The molecule has 2 aromatic heterocycles. The van der Waals surface area contributed by atoms with E-state index in [4.69, 9.17) is 4.52 Å². The molecule has 0 radical (unpaired) electrons. The predicted octanol–water partition coefficient (Wildman–Crippen LogP) is 4.22. The normalized spacial score (nSPS) is 16.5. The maximum absolute atomic E-state index is 13.5. The number of hydrogen-bond donors (Lipinski definition) is 3. The van der Waals surface area contributed by atoms with Gasteiger partial charge in [0.1, 0.15) is 5.01 Å². The second-order valence-electron chi connectivity index (χ2n) is 10.5. The van der Waals surface area contributed by atoms with Crippen LogP contribution in [0.1, 0.15) is 67.3 Å². The van der Waals surface area contributed by atoms with Crippen molar-refractivity contribution < 1.29 is 19.2 Å². The Balaban J connectivity index is 1.27. The number of thiazole rings is 1. The zero-order chi connectivity index (χ0) is 28.8. The SMILES string of the molecule is Cc1cc(CNC[C@@H](O)[C@H](Cc2ccccc2)NC(=O)c2cccc(C(=O)N3CCC[C@@H]3c3nc(C)cs3)c2)on1. The van der Waals surface area contributed by atoms with E-state index in [2.05, 4.69) is 20.8 Å². The van der Waals surface area contributed by atoms with Gasteiger partial charge in [0.05, 0.1) is 30.4 Å². The van der Waals surface area contributed by atoms with Crippen molar-refractivity contribution in [2.45, 2.75) is 57.8 Å². The molecule has 2 aromatic carbocycles. The summed E-state index contributed by atoms with van der Waals surface area (Å²) in [6, 6.07) is 17.7. The van der Waals surface area contributed by atoms with Crippen LogP contribution in [0.2, 0.25) is 0 Å². The number of aryl methyl sites for hydroxylation is 2. The molecule has 9 nitrogen and oxygen atoms in total. The van der Waals surface area contributed by atoms with E-state index in [1.54, 1.807) is 35.6 Å². The van der Waals surface area contributed by atoms with E-state index in [1.165, 1.54) is 0 Å². The number of carbonyl (C=O) groups is 2. The van der Waals surface area contributed by atoms with E-state index in [9.17, 15) is 14.7 Å². The standard InChI is InChI=1S/C31H35N5O4S/c1-20-14-25(40-35-20)17-32-18-28(37)26(15-22-8-4-3-5-9-22)34-29(38)23-10-6-11-24(16-23)31(39)36-13-7-12-27(36)30-33-21(2)19-41-30/h3-6,8-11,14,16,19,26-28,32,37H,7,12-13,15,17-18H2,1-2H3,(H,34,38)/t26-,27+,28+/m0/s1. The lowest BCUT2D eigenvalue weighted by atomic mass is 10.00. The summed E-state index contributed by atoms with van der Waals surface area (Å²) in [6.07, 6.45) is 1.36. The second-order valence-corrected chi connectivity index (χ2v) is 11.4. The van der Waals surface area contributed by atoms with Gasteiger partial charge in [-0.15, -0.1) is 11.3 Å². The van der Waals surface area contributed by atoms with Gasteiger partial charge in [-0.25, -0.2) is 4.98 Å². The van der Waals surface area contributed by atoms with Crippen LogP contribution in [-0.2, 0) is 13.0 Å². The third-order valence-electron chi connectivity index (χ3n) is 7.22. The number of rotatable bonds is 11. The summed E-state index contributed by atoms with van der Waals surface area (Å²) < 4.78 is 5.23. The fourth-order valence-corrected chi connectivity index (χ4v) is 6.08. The van der Waals surface area contributed by atoms with Gasteiger partial charge in [-0.2, -0.15) is 0 Å². The molecule has 1 fully saturated rings. The highest BCUT2D eigenvalue weighted by molar-refractivity contribution is 7.09. The largest absolute Gasteiger partial charge is 0.390 e. The van der Waals surface area contributed by atoms with Crippen LogP contribution in [-0.4, -0.2) is 57.2 Å². The monoisotopic (exact) mass is 573 g/mol. The van der Waals surface area contributed by atoms with Crippen LogP contribution in [0.15, 0.2) is 70.6 Å². The molecular weight excluding hydrogens is 538 g/mol. The number of aliphatic hydroxyl groups excluding tert-OH is 1. The Hall–Kier alpha value is -3.86. The summed E-state index contributed by atoms with van der Waals surface area (Å²) >= 11 is 1.58. The van der Waals surface area contributed by atoms with E-state index in [1.807, 2.05) is 60.5 Å². The Labute approximate surface area is 243 Å². The van der Waals surface area contributed by atoms with Crippen LogP contribution in [0, 0.1) is 13.8 Å². The molecule has 0 saturated carbocycles. The summed E-state index contributed by atoms with van der Waals surface area (Å²) in [5.41, 5.74) is 3.56. The van der Waals surface area contributed by atoms with E-state index in [-0.39, 0.29) is 24.4 Å². The number of hydrogen-bond acceptors (Lipinski definition) is 8. The lowest BCUT2D eigenvalue weighted by Gasteiger charge is -2.25. The van der Waals surface area contributed by atoms with Crippen molar-refractivity contribution in [1.29, 1.82) is 0 Å². The Morgan fingerprint density at radius 1 is 1.10 bits per heavy atom. The number of likely N-dealkylation sites (tertiary alicyclic amines) is 1. The smallest absolute Gasteiger partial charge is 0.254 e. The lowest BCUT2D eigenvalue weighted by molar-refractivity contribution is 0.0735. The van der Waals surface area contributed by atoms with E-state index in [0.29, 0.717) is 36.4 Å². The van der Waals surface area contributed by atoms with Crippen LogP contribution in [0.25, 0.3) is 0 Å². The molecule has 0 unspecified atom stereocenters. The summed E-state index contributed by atoms with van der Waals surface area (Å²) in [7, 11) is 0. The third kappa shape index (κ3) is 7.27. The summed E-state index contributed by atoms with van der Waals surface area (Å²) in [4.78, 5) is 33.4. The minimum absolute atomic E-state index is 0.0440. The third-order valence-corrected chi connectivity index (χ3v) is 8.28. The number of nitrogens with zero attached hydrogens (tertiary/aromatic N) is 3. The van der Waals surface area contributed by atoms with Crippen molar-refractivity contribution >= 4 is 23.2 Å². The van der Waals surface area contributed by atoms with Crippen LogP contribution >= 0.6 is 11.3 Å². The predicted molar refractivity (Wildman–Crippen MR) is 157 cm³/mol. The molecule has 3 N–H and O–H groups in total. The highest BCUT2D eigenvalue weighted by Gasteiger charge is 2.33. The van der Waals surface area contributed by atoms with Crippen molar-refractivity contribution in [3.8, 4) is 0 Å². The first-order valence-electron chi connectivity index (χ1n) is 13.9. The molecule has 4 aromatic rings. The molecule has 214 valence electrons. The van der Waals surface area contributed by atoms with Gasteiger partial charge in [-0.3, -0.25) is 9.59 Å². The van der Waals surface area contributed by atoms with E-state index < -0.39 is 12.1 Å². The highest BCUT2D eigenvalue weighted by atomic mass is 32.1. The molecule has 10 heteroatoms. The van der Waals surface area contributed by atoms with Crippen LogP contribution in [0.3, 0.4) is 0 Å². The first-order valence-corrected chi connectivity index (χ1v) is 14.7. The number of aliphatic hydroxyl groups is 1. The molecule has 41 heavy (non-hydrogen) atoms. The molecule has 0 spiro atoms. The van der Waals surface area contributed by atoms with Gasteiger partial charge in [-0.1, -0.05) is 41.6 Å². The van der Waals surface area contributed by atoms with Crippen LogP contribution in [0.4, 0.5) is 0 Å². The second kappa shape index (κ2) is 13.2. The maximum Gasteiger partial charge on any atom is 0.254 e. The number of benzene rings is 2. The quantitative estimate of drug-likeness (QED) is 0.246. The zero-order valence-corrected chi connectivity index (χ0v) is 24.1. The summed E-state index contributed by atoms with van der Waals surface area (Å²) in [6.45, 7) is 5.11. The summed E-state index contributed by atoms with van der Waals surface area (Å²) in [5.74, 6) is 0.215. The first-order chi connectivity index (χ1) is 19.9. The van der Waals surface area contributed by atoms with Crippen molar-refractivity contribution in [3.63, 3.8) is 0 Å². The Kier molecular flexibility index (Phi) is 9.23. The fraction of sp³-hybridized carbons (Fsp3) is 0.355. The molecule has 5 rings (SSSR count). The fourth-order valence-electron chi connectivity index (χ4n) is 5.14. The number of nitrogens with one attached hydrogen (secondary N) is 2. The lowest BCUT2D eigenvalue weighted by Crippen LogP contribution is -2.48. The molecule has 1 saturated heterocycles. The molecule has 1 aliphatic rings. The summed E-state index contributed by atoms with van der Waals surface area (Å²) in [5, 5.41) is 24.1. The van der Waals surface area contributed by atoms with Crippen LogP contribution < -0.4 is 10.6 Å². The van der Waals surface area contributed by atoms with Gasteiger partial charge in [0, 0.05) is 41.4 Å². The van der Waals surface area contributed by atoms with Crippen LogP contribution in [0.5, 0.6) is 0 Å². The van der Waals surface area contributed by atoms with Gasteiger partial charge < -0.3 is 25.2 Å². The van der Waals surface area contributed by atoms with Gasteiger partial charge in [0.15, 0.2) is 5.76 Å². The van der Waals surface area contributed by atoms with Gasteiger partial charge >= 0.3 is 0 Å². The van der Waals surface area contributed by atoms with Gasteiger partial charge in [0.2, 0.25) is 0 Å². The van der Waals surface area contributed by atoms with Gasteiger partial charge in [0.25, 0.3) is 11.8 Å².